The molecule has 0 aromatic carbocycles. The average molecular weight is 195 g/mol. The van der Waals surface area contributed by atoms with Gasteiger partial charge in [0.25, 0.3) is 0 Å². The lowest BCUT2D eigenvalue weighted by molar-refractivity contribution is -0.109. The predicted molar refractivity (Wildman–Crippen MR) is 58.0 cm³/mol. The summed E-state index contributed by atoms with van der Waals surface area (Å²) in [6, 6.07) is 0. The third-order valence-corrected chi connectivity index (χ3v) is 1.56. The first-order chi connectivity index (χ1) is 6.74. The van der Waals surface area contributed by atoms with E-state index in [1.54, 1.807) is 17.1 Å². The van der Waals surface area contributed by atoms with E-state index in [2.05, 4.69) is 13.2 Å². The molecule has 0 saturated heterocycles. The van der Waals surface area contributed by atoms with Gasteiger partial charge in [-0.1, -0.05) is 31.4 Å². The molecule has 0 atom stereocenters. The van der Waals surface area contributed by atoms with Crippen molar-refractivity contribution in [3.05, 3.63) is 37.0 Å². The highest BCUT2D eigenvalue weighted by Crippen LogP contribution is 1.97. The van der Waals surface area contributed by atoms with Crippen LogP contribution in [0.2, 0.25) is 0 Å². The number of aldehydes is 1. The Labute approximate surface area is 85.4 Å². The lowest BCUT2D eigenvalue weighted by Crippen LogP contribution is -2.24. The van der Waals surface area contributed by atoms with Crippen molar-refractivity contribution in [1.82, 2.24) is 4.90 Å². The van der Waals surface area contributed by atoms with Crippen LogP contribution in [0.15, 0.2) is 37.0 Å². The highest BCUT2D eigenvalue weighted by Gasteiger charge is 1.96. The molecular weight excluding hydrogens is 178 g/mol. The van der Waals surface area contributed by atoms with Crippen molar-refractivity contribution in [2.24, 2.45) is 0 Å². The molecule has 0 radical (unpaired) electrons. The van der Waals surface area contributed by atoms with Crippen LogP contribution in [0.25, 0.3) is 0 Å². The summed E-state index contributed by atoms with van der Waals surface area (Å²) in [6.07, 6.45) is 6.10. The minimum absolute atomic E-state index is 0.384. The van der Waals surface area contributed by atoms with Gasteiger partial charge in [-0.05, 0) is 12.6 Å². The minimum atomic E-state index is 0.384. The first-order valence-corrected chi connectivity index (χ1v) is 4.38. The largest absolute Gasteiger partial charge is 0.361 e. The zero-order valence-corrected chi connectivity index (χ0v) is 8.61. The maximum Gasteiger partial charge on any atom is 0.134 e. The van der Waals surface area contributed by atoms with Gasteiger partial charge in [-0.25, -0.2) is 0 Å². The molecule has 0 N–H and O–H groups in total. The monoisotopic (exact) mass is 195 g/mol. The molecule has 0 rings (SSSR count). The maximum absolute atomic E-state index is 10.1. The molecule has 0 aliphatic carbocycles. The summed E-state index contributed by atoms with van der Waals surface area (Å²) < 4.78 is 5.33. The van der Waals surface area contributed by atoms with E-state index in [0.29, 0.717) is 19.9 Å². The highest BCUT2D eigenvalue weighted by molar-refractivity contribution is 5.51. The van der Waals surface area contributed by atoms with E-state index in [1.165, 1.54) is 0 Å². The number of carbonyl (C=O) groups excluding carboxylic acids is 1. The number of likely N-dealkylation sites (N-methyl/N-ethyl adjacent to an activating group) is 1. The fourth-order valence-corrected chi connectivity index (χ4v) is 0.826. The fraction of sp³-hybridized carbons (Fsp3) is 0.364. The van der Waals surface area contributed by atoms with E-state index in [4.69, 9.17) is 4.74 Å². The average Bonchev–Trinajstić information content (AvgIpc) is 2.17. The molecule has 0 aromatic heterocycles. The maximum atomic E-state index is 10.1. The first-order valence-electron chi connectivity index (χ1n) is 4.38. The number of rotatable bonds is 8. The van der Waals surface area contributed by atoms with Gasteiger partial charge < -0.3 is 9.53 Å². The van der Waals surface area contributed by atoms with Gasteiger partial charge in [0.1, 0.15) is 6.29 Å². The van der Waals surface area contributed by atoms with Crippen LogP contribution >= 0.6 is 0 Å². The summed E-state index contributed by atoms with van der Waals surface area (Å²) in [7, 11) is 1.82. The molecule has 0 fully saturated rings. The normalized spacial score (nSPS) is 11.4. The Morgan fingerprint density at radius 3 is 2.71 bits per heavy atom. The van der Waals surface area contributed by atoms with Crippen LogP contribution in [0.3, 0.4) is 0 Å². The van der Waals surface area contributed by atoms with Gasteiger partial charge in [0.2, 0.25) is 0 Å². The molecule has 0 aliphatic heterocycles. The van der Waals surface area contributed by atoms with Crippen molar-refractivity contribution in [1.29, 1.82) is 0 Å². The van der Waals surface area contributed by atoms with Crippen molar-refractivity contribution < 1.29 is 9.53 Å². The van der Waals surface area contributed by atoms with Gasteiger partial charge in [-0.15, -0.1) is 0 Å². The van der Waals surface area contributed by atoms with E-state index in [9.17, 15) is 4.79 Å². The number of hydrogen-bond acceptors (Lipinski definition) is 3. The molecule has 0 aromatic rings. The van der Waals surface area contributed by atoms with Crippen molar-refractivity contribution in [3.8, 4) is 0 Å². The molecule has 0 aliphatic rings. The van der Waals surface area contributed by atoms with Crippen LogP contribution in [0.5, 0.6) is 0 Å². The molecule has 0 heterocycles. The molecule has 0 unspecified atom stereocenters. The van der Waals surface area contributed by atoms with Crippen molar-refractivity contribution in [3.63, 3.8) is 0 Å². The predicted octanol–water partition coefficient (Wildman–Crippen LogP) is 1.39. The van der Waals surface area contributed by atoms with Crippen LogP contribution in [0.4, 0.5) is 0 Å². The second-order valence-corrected chi connectivity index (χ2v) is 2.86. The van der Waals surface area contributed by atoms with Gasteiger partial charge in [0.05, 0.1) is 19.9 Å². The molecule has 0 bridgehead atoms. The zero-order chi connectivity index (χ0) is 10.8. The third-order valence-electron chi connectivity index (χ3n) is 1.56. The Morgan fingerprint density at radius 1 is 1.50 bits per heavy atom. The van der Waals surface area contributed by atoms with Gasteiger partial charge in [-0.3, -0.25) is 4.90 Å². The smallest absolute Gasteiger partial charge is 0.134 e. The van der Waals surface area contributed by atoms with Crippen LogP contribution in [0.1, 0.15) is 0 Å². The number of nitrogens with zero attached hydrogens (tertiary/aromatic N) is 1. The summed E-state index contributed by atoms with van der Waals surface area (Å²) in [6.45, 7) is 8.53. The second-order valence-electron chi connectivity index (χ2n) is 2.86. The third kappa shape index (κ3) is 6.34. The number of hydrogen-bond donors (Lipinski definition) is 0. The number of allylic oxidation sites excluding steroid dienone is 2. The Hall–Kier alpha value is -1.19. The standard InChI is InChI=1S/C11H17NO2/c1-4-6-11(5-2)9-14-10-12(3)7-8-13/h4-6,8H,1-2,7,9-10H2,3H3/b11-6+. The summed E-state index contributed by atoms with van der Waals surface area (Å²) in [5, 5.41) is 0. The number of ether oxygens (including phenoxy) is 1. The fourth-order valence-electron chi connectivity index (χ4n) is 0.826. The lowest BCUT2D eigenvalue weighted by atomic mass is 10.2. The summed E-state index contributed by atoms with van der Waals surface area (Å²) in [5.74, 6) is 0. The SMILES string of the molecule is C=C/C=C(\C=C)COCN(C)CC=O. The summed E-state index contributed by atoms with van der Waals surface area (Å²) in [5.41, 5.74) is 0.972. The van der Waals surface area contributed by atoms with Crippen LogP contribution in [0, 0.1) is 0 Å². The van der Waals surface area contributed by atoms with Gasteiger partial charge >= 0.3 is 0 Å². The second kappa shape index (κ2) is 8.41. The van der Waals surface area contributed by atoms with E-state index in [0.717, 1.165) is 11.9 Å². The van der Waals surface area contributed by atoms with Crippen LogP contribution < -0.4 is 0 Å². The Bertz CT molecular complexity index is 221. The Balaban J connectivity index is 3.70. The molecule has 78 valence electrons. The summed E-state index contributed by atoms with van der Waals surface area (Å²) >= 11 is 0. The molecule has 0 saturated carbocycles. The first kappa shape index (κ1) is 12.8. The lowest BCUT2D eigenvalue weighted by Gasteiger charge is -2.13. The van der Waals surface area contributed by atoms with Crippen molar-refractivity contribution in [2.75, 3.05) is 26.9 Å². The Kier molecular flexibility index (Phi) is 7.70. The van der Waals surface area contributed by atoms with Crippen LogP contribution in [-0.2, 0) is 9.53 Å². The van der Waals surface area contributed by atoms with Crippen molar-refractivity contribution >= 4 is 6.29 Å². The molecular formula is C11H17NO2. The van der Waals surface area contributed by atoms with Gasteiger partial charge in [-0.2, -0.15) is 0 Å². The van der Waals surface area contributed by atoms with Crippen LogP contribution in [-0.4, -0.2) is 38.1 Å². The highest BCUT2D eigenvalue weighted by atomic mass is 16.5. The molecule has 3 heteroatoms. The number of carbonyl (C=O) groups is 1. The molecule has 14 heavy (non-hydrogen) atoms. The van der Waals surface area contributed by atoms with E-state index in [1.807, 2.05) is 13.1 Å². The van der Waals surface area contributed by atoms with Gasteiger partial charge in [0, 0.05) is 0 Å². The Morgan fingerprint density at radius 2 is 2.21 bits per heavy atom. The molecule has 0 spiro atoms. The zero-order valence-electron chi connectivity index (χ0n) is 8.61. The quantitative estimate of drug-likeness (QED) is 0.333. The van der Waals surface area contributed by atoms with E-state index >= 15 is 0 Å². The minimum Gasteiger partial charge on any atom is -0.361 e. The molecule has 3 nitrogen and oxygen atoms in total. The summed E-state index contributed by atoms with van der Waals surface area (Å²) in [4.78, 5) is 11.9. The van der Waals surface area contributed by atoms with Gasteiger partial charge in [0.15, 0.2) is 0 Å². The van der Waals surface area contributed by atoms with Crippen molar-refractivity contribution in [2.45, 2.75) is 0 Å². The molecule has 0 amide bonds. The van der Waals surface area contributed by atoms with E-state index < -0.39 is 0 Å². The van der Waals surface area contributed by atoms with E-state index in [-0.39, 0.29) is 0 Å². The topological polar surface area (TPSA) is 29.5 Å².